The summed E-state index contributed by atoms with van der Waals surface area (Å²) < 4.78 is 25.9. The molecule has 8 rings (SSSR count). The first-order valence-corrected chi connectivity index (χ1v) is 19.6. The van der Waals surface area contributed by atoms with Gasteiger partial charge >= 0.3 is 0 Å². The minimum Gasteiger partial charge on any atom is -0.317 e. The molecule has 2 aliphatic heterocycles. The van der Waals surface area contributed by atoms with Crippen LogP contribution in [0.4, 0.5) is 11.4 Å². The molecule has 0 spiro atoms. The number of nitro groups is 2. The maximum atomic E-state index is 13.6. The monoisotopic (exact) mass is 791 g/mol. The van der Waals surface area contributed by atoms with Gasteiger partial charge in [0.2, 0.25) is 0 Å². The molecule has 0 saturated carbocycles. The summed E-state index contributed by atoms with van der Waals surface area (Å²) in [5.41, 5.74) is 1.16. The van der Waals surface area contributed by atoms with Gasteiger partial charge < -0.3 is 5.32 Å². The van der Waals surface area contributed by atoms with Crippen LogP contribution in [0.25, 0.3) is 43.1 Å². The lowest BCUT2D eigenvalue weighted by atomic mass is 9.89. The summed E-state index contributed by atoms with van der Waals surface area (Å²) in [6, 6.07) is 22.7. The molecule has 0 bridgehead atoms. The zero-order valence-corrected chi connectivity index (χ0v) is 31.1. The molecule has 57 heavy (non-hydrogen) atoms. The van der Waals surface area contributed by atoms with Crippen molar-refractivity contribution in [3.8, 4) is 0 Å². The predicted octanol–water partition coefficient (Wildman–Crippen LogP) is 6.27. The van der Waals surface area contributed by atoms with Crippen molar-refractivity contribution in [3.05, 3.63) is 127 Å². The number of rotatable bonds is 11. The second kappa shape index (κ2) is 15.1. The van der Waals surface area contributed by atoms with Gasteiger partial charge in [-0.25, -0.2) is 0 Å². The molecule has 4 amide bonds. The van der Waals surface area contributed by atoms with Gasteiger partial charge in [0.05, 0.1) is 26.9 Å². The number of unbranched alkanes of at least 4 members (excludes halogenated alkanes) is 1. The highest BCUT2D eigenvalue weighted by Gasteiger charge is 2.35. The molecule has 0 aliphatic carbocycles. The first kappa shape index (κ1) is 38.6. The van der Waals surface area contributed by atoms with Gasteiger partial charge in [-0.1, -0.05) is 48.5 Å². The van der Waals surface area contributed by atoms with Crippen LogP contribution in [0.15, 0.2) is 84.9 Å². The van der Waals surface area contributed by atoms with Crippen molar-refractivity contribution < 1.29 is 42.0 Å². The van der Waals surface area contributed by atoms with Crippen LogP contribution in [-0.2, 0) is 10.1 Å². The Morgan fingerprint density at radius 3 is 1.40 bits per heavy atom. The molecule has 2 aliphatic rings. The quantitative estimate of drug-likeness (QED) is 0.0370. The minimum atomic E-state index is -3.67. The highest BCUT2D eigenvalue weighted by molar-refractivity contribution is 7.85. The highest BCUT2D eigenvalue weighted by Crippen LogP contribution is 2.41. The van der Waals surface area contributed by atoms with Gasteiger partial charge in [0, 0.05) is 58.2 Å². The predicted molar refractivity (Wildman–Crippen MR) is 211 cm³/mol. The number of nitro benzene ring substituents is 2. The third-order valence-corrected chi connectivity index (χ3v) is 9.97. The van der Waals surface area contributed by atoms with E-state index < -0.39 is 43.6 Å². The summed E-state index contributed by atoms with van der Waals surface area (Å²) in [6.07, 6.45) is 2.38. The minimum absolute atomic E-state index is 0.0862. The van der Waals surface area contributed by atoms with Gasteiger partial charge in [-0.3, -0.25) is 53.8 Å². The largest absolute Gasteiger partial charge is 0.317 e. The zero-order valence-electron chi connectivity index (χ0n) is 30.3. The summed E-state index contributed by atoms with van der Waals surface area (Å²) >= 11 is 0. The lowest BCUT2D eigenvalue weighted by Crippen LogP contribution is -2.41. The van der Waals surface area contributed by atoms with Crippen LogP contribution in [0.3, 0.4) is 0 Å². The van der Waals surface area contributed by atoms with Crippen molar-refractivity contribution in [1.29, 1.82) is 0 Å². The Morgan fingerprint density at radius 2 is 0.965 bits per heavy atom. The molecule has 2 N–H and O–H groups in total. The van der Waals surface area contributed by atoms with E-state index in [4.69, 9.17) is 4.55 Å². The first-order chi connectivity index (χ1) is 27.2. The molecule has 2 heterocycles. The van der Waals surface area contributed by atoms with Crippen LogP contribution < -0.4 is 5.32 Å². The van der Waals surface area contributed by atoms with Gasteiger partial charge in [0.15, 0.2) is 0 Å². The molecule has 17 heteroatoms. The fourth-order valence-electron chi connectivity index (χ4n) is 7.68. The second-order valence-corrected chi connectivity index (χ2v) is 15.1. The molecule has 0 fully saturated rings. The van der Waals surface area contributed by atoms with Crippen molar-refractivity contribution in [2.75, 3.05) is 32.4 Å². The molecule has 0 atom stereocenters. The standard InChI is InChI=1S/C39H29N5O8.CH4O3S/c45-36-26-12-5-10-24-32-22(8-3-14-30(32)43(49)50)20-28(34(24)26)38(47)41(36)18-2-1-16-40-17-7-19-42-37(46)27-13-6-11-25-33-23(9-4-15-31(33)44(51)52)21-29(35(25)27)39(42)48;1-5(2,3)4/h3-6,8-15,20-21,40H,1-2,7,16-19H2;1H3,(H,2,3,4). The smallest absolute Gasteiger partial charge is 0.277 e. The Hall–Kier alpha value is -6.69. The number of hydrogen-bond acceptors (Lipinski definition) is 11. The van der Waals surface area contributed by atoms with Gasteiger partial charge in [-0.15, -0.1) is 0 Å². The fraction of sp³-hybridized carbons (Fsp3) is 0.200. The Balaban J connectivity index is 0.000000935. The Labute approximate surface area is 323 Å². The fourth-order valence-corrected chi connectivity index (χ4v) is 7.68. The van der Waals surface area contributed by atoms with E-state index in [0.717, 1.165) is 0 Å². The Bertz CT molecular complexity index is 2670. The summed E-state index contributed by atoms with van der Waals surface area (Å²) in [5.74, 6) is -1.76. The molecule has 6 aromatic rings. The van der Waals surface area contributed by atoms with E-state index >= 15 is 0 Å². The Morgan fingerprint density at radius 1 is 0.579 bits per heavy atom. The van der Waals surface area contributed by atoms with Gasteiger partial charge in [0.1, 0.15) is 0 Å². The van der Waals surface area contributed by atoms with Crippen molar-refractivity contribution in [2.45, 2.75) is 19.3 Å². The lowest BCUT2D eigenvalue weighted by molar-refractivity contribution is -0.383. The van der Waals surface area contributed by atoms with E-state index in [1.54, 1.807) is 72.8 Å². The van der Waals surface area contributed by atoms with Crippen molar-refractivity contribution in [3.63, 3.8) is 0 Å². The molecule has 0 unspecified atom stereocenters. The van der Waals surface area contributed by atoms with Crippen molar-refractivity contribution in [2.24, 2.45) is 0 Å². The van der Waals surface area contributed by atoms with Gasteiger partial charge in [-0.2, -0.15) is 8.42 Å². The summed E-state index contributed by atoms with van der Waals surface area (Å²) in [4.78, 5) is 79.2. The molecular formula is C40H33N5O11S. The number of hydrogen-bond donors (Lipinski definition) is 2. The van der Waals surface area contributed by atoms with E-state index in [0.29, 0.717) is 104 Å². The van der Waals surface area contributed by atoms with Crippen LogP contribution in [-0.4, -0.2) is 88.7 Å². The summed E-state index contributed by atoms with van der Waals surface area (Å²) in [6.45, 7) is 1.45. The van der Waals surface area contributed by atoms with Gasteiger partial charge in [0.25, 0.3) is 45.1 Å². The summed E-state index contributed by atoms with van der Waals surface area (Å²) in [7, 11) is -3.67. The Kier molecular flexibility index (Phi) is 10.2. The maximum absolute atomic E-state index is 13.6. The molecular weight excluding hydrogens is 759 g/mol. The number of non-ortho nitro benzene ring substituents is 2. The summed E-state index contributed by atoms with van der Waals surface area (Å²) in [5, 5.41) is 30.6. The number of amides is 4. The van der Waals surface area contributed by atoms with Crippen LogP contribution >= 0.6 is 0 Å². The molecule has 6 aromatic carbocycles. The van der Waals surface area contributed by atoms with E-state index in [1.807, 2.05) is 0 Å². The molecule has 0 aromatic heterocycles. The first-order valence-electron chi connectivity index (χ1n) is 17.8. The maximum Gasteiger partial charge on any atom is 0.277 e. The van der Waals surface area contributed by atoms with Crippen LogP contribution in [0.1, 0.15) is 60.7 Å². The van der Waals surface area contributed by atoms with E-state index in [1.165, 1.54) is 21.9 Å². The third-order valence-electron chi connectivity index (χ3n) is 9.97. The average Bonchev–Trinajstić information content (AvgIpc) is 3.17. The lowest BCUT2D eigenvalue weighted by Gasteiger charge is -2.28. The van der Waals surface area contributed by atoms with Crippen LogP contribution in [0.5, 0.6) is 0 Å². The molecule has 0 saturated heterocycles. The van der Waals surface area contributed by atoms with Crippen molar-refractivity contribution >= 4 is 88.2 Å². The number of fused-ring (bicyclic) bond motifs is 4. The number of carbonyl (C=O) groups excluding carboxylic acids is 4. The molecule has 0 radical (unpaired) electrons. The highest BCUT2D eigenvalue weighted by atomic mass is 32.2. The van der Waals surface area contributed by atoms with Gasteiger partial charge in [-0.05, 0) is 78.2 Å². The number of carbonyl (C=O) groups is 4. The number of nitrogens with one attached hydrogen (secondary N) is 1. The van der Waals surface area contributed by atoms with E-state index in [2.05, 4.69) is 5.32 Å². The van der Waals surface area contributed by atoms with Crippen molar-refractivity contribution in [1.82, 2.24) is 15.1 Å². The van der Waals surface area contributed by atoms with Crippen LogP contribution in [0, 0.1) is 20.2 Å². The molecule has 16 nitrogen and oxygen atoms in total. The van der Waals surface area contributed by atoms with E-state index in [-0.39, 0.29) is 24.5 Å². The number of imide groups is 2. The molecule has 290 valence electrons. The second-order valence-electron chi connectivity index (χ2n) is 13.6. The number of benzene rings is 6. The average molecular weight is 792 g/mol. The van der Waals surface area contributed by atoms with Crippen LogP contribution in [0.2, 0.25) is 0 Å². The third kappa shape index (κ3) is 7.14. The normalized spacial score (nSPS) is 13.8. The topological polar surface area (TPSA) is 227 Å². The zero-order chi connectivity index (χ0) is 40.8. The SMILES string of the molecule is CS(=O)(=O)O.O=C1c2cccc3c2c(cc2cccc([N+](=O)[O-])c23)C(=O)N1CCCCNCCCN1C(=O)c2cccc3c2c(cc2cccc([N+](=O)[O-])c23)C1=O. The number of nitrogens with zero attached hydrogens (tertiary/aromatic N) is 4. The van der Waals surface area contributed by atoms with E-state index in [9.17, 15) is 47.8 Å².